The second kappa shape index (κ2) is 6.98. The Labute approximate surface area is 181 Å². The molecule has 0 bridgehead atoms. The molecule has 1 aromatic carbocycles. The van der Waals surface area contributed by atoms with E-state index in [0.717, 1.165) is 35.6 Å². The van der Waals surface area contributed by atoms with Crippen LogP contribution in [0, 0.1) is 40.4 Å². The maximum absolute atomic E-state index is 12.4. The molecule has 7 atom stereocenters. The lowest BCUT2D eigenvalue weighted by Gasteiger charge is -2.61. The average Bonchev–Trinajstić information content (AvgIpc) is 3.03. The predicted molar refractivity (Wildman–Crippen MR) is 121 cm³/mol. The number of halogens is 1. The molecule has 1 aromatic rings. The fourth-order valence-electron chi connectivity index (χ4n) is 8.39. The van der Waals surface area contributed by atoms with Gasteiger partial charge >= 0.3 is 0 Å². The lowest BCUT2D eigenvalue weighted by atomic mass is 9.44. The van der Waals surface area contributed by atoms with Gasteiger partial charge in [-0.2, -0.15) is 0 Å². The highest BCUT2D eigenvalue weighted by Gasteiger charge is 2.60. The van der Waals surface area contributed by atoms with Crippen LogP contribution in [0.1, 0.15) is 77.7 Å². The van der Waals surface area contributed by atoms with Crippen LogP contribution in [0.3, 0.4) is 0 Å². The van der Waals surface area contributed by atoms with E-state index in [1.165, 1.54) is 44.1 Å². The highest BCUT2D eigenvalue weighted by atomic mass is 35.5. The smallest absolute Gasteiger partial charge is 0.136 e. The van der Waals surface area contributed by atoms with Gasteiger partial charge in [-0.25, -0.2) is 0 Å². The monoisotopic (exact) mass is 410 g/mol. The molecule has 0 aromatic heterocycles. The number of hydrogen-bond donors (Lipinski definition) is 0. The van der Waals surface area contributed by atoms with Crippen molar-refractivity contribution >= 4 is 23.5 Å². The minimum Gasteiger partial charge on any atom is -0.299 e. The van der Waals surface area contributed by atoms with Crippen molar-refractivity contribution in [2.45, 2.75) is 72.1 Å². The quantitative estimate of drug-likeness (QED) is 0.466. The lowest BCUT2D eigenvalue weighted by molar-refractivity contribution is -0.146. The molecule has 1 nitrogen and oxygen atoms in total. The van der Waals surface area contributed by atoms with E-state index in [9.17, 15) is 4.79 Å². The molecule has 0 aliphatic heterocycles. The number of carbonyl (C=O) groups is 1. The van der Waals surface area contributed by atoms with Crippen LogP contribution in [-0.4, -0.2) is 5.78 Å². The highest BCUT2D eigenvalue weighted by molar-refractivity contribution is 6.32. The Morgan fingerprint density at radius 1 is 0.966 bits per heavy atom. The molecule has 4 aliphatic carbocycles. The zero-order valence-corrected chi connectivity index (χ0v) is 19.0. The van der Waals surface area contributed by atoms with Crippen LogP contribution in [0.15, 0.2) is 29.8 Å². The molecule has 0 N–H and O–H groups in total. The van der Waals surface area contributed by atoms with Crippen molar-refractivity contribution in [2.24, 2.45) is 40.4 Å². The van der Waals surface area contributed by atoms with E-state index in [1.54, 1.807) is 5.57 Å². The Kier molecular flexibility index (Phi) is 4.78. The summed E-state index contributed by atoms with van der Waals surface area (Å²) in [4.78, 5) is 12.4. The van der Waals surface area contributed by atoms with Gasteiger partial charge in [-0.05, 0) is 91.1 Å². The number of ketones is 1. The maximum atomic E-state index is 12.4. The van der Waals surface area contributed by atoms with Gasteiger partial charge in [0.25, 0.3) is 0 Å². The summed E-state index contributed by atoms with van der Waals surface area (Å²) in [5.41, 5.74) is 3.53. The Bertz CT molecular complexity index is 856. The predicted octanol–water partition coefficient (Wildman–Crippen LogP) is 7.58. The molecule has 156 valence electrons. The van der Waals surface area contributed by atoms with Crippen molar-refractivity contribution in [3.05, 3.63) is 40.4 Å². The van der Waals surface area contributed by atoms with Gasteiger partial charge in [0.15, 0.2) is 0 Å². The van der Waals surface area contributed by atoms with Gasteiger partial charge in [0.05, 0.1) is 0 Å². The molecule has 4 aliphatic rings. The van der Waals surface area contributed by atoms with Crippen molar-refractivity contribution in [2.75, 3.05) is 0 Å². The summed E-state index contributed by atoms with van der Waals surface area (Å²) in [5.74, 6) is 3.89. The fraction of sp³-hybridized carbons (Fsp3) is 0.667. The first kappa shape index (κ1) is 19.9. The molecule has 0 amide bonds. The van der Waals surface area contributed by atoms with Gasteiger partial charge in [0.1, 0.15) is 5.78 Å². The zero-order chi connectivity index (χ0) is 20.4. The van der Waals surface area contributed by atoms with E-state index in [2.05, 4.69) is 39.0 Å². The number of hydrogen-bond acceptors (Lipinski definition) is 1. The number of rotatable bonds is 1. The van der Waals surface area contributed by atoms with Gasteiger partial charge in [-0.1, -0.05) is 62.2 Å². The van der Waals surface area contributed by atoms with Crippen LogP contribution in [0.4, 0.5) is 0 Å². The van der Waals surface area contributed by atoms with Crippen molar-refractivity contribution in [3.8, 4) is 0 Å². The zero-order valence-electron chi connectivity index (χ0n) is 18.2. The van der Waals surface area contributed by atoms with Crippen LogP contribution >= 0.6 is 11.6 Å². The van der Waals surface area contributed by atoms with Crippen LogP contribution in [0.5, 0.6) is 0 Å². The maximum Gasteiger partial charge on any atom is 0.136 e. The molecule has 2 heteroatoms. The van der Waals surface area contributed by atoms with E-state index < -0.39 is 0 Å². The van der Waals surface area contributed by atoms with Gasteiger partial charge in [-0.3, -0.25) is 4.79 Å². The van der Waals surface area contributed by atoms with Crippen molar-refractivity contribution in [1.29, 1.82) is 0 Å². The second-order valence-corrected chi connectivity index (χ2v) is 11.4. The molecule has 0 radical (unpaired) electrons. The Balaban J connectivity index is 1.45. The summed E-state index contributed by atoms with van der Waals surface area (Å²) in [6.45, 7) is 7.32. The summed E-state index contributed by atoms with van der Waals surface area (Å²) in [6.07, 6.45) is 12.2. The molecule has 0 spiro atoms. The fourth-order valence-corrected chi connectivity index (χ4v) is 8.58. The topological polar surface area (TPSA) is 17.1 Å². The van der Waals surface area contributed by atoms with Gasteiger partial charge in [0, 0.05) is 17.4 Å². The summed E-state index contributed by atoms with van der Waals surface area (Å²) < 4.78 is 0. The van der Waals surface area contributed by atoms with Gasteiger partial charge in [-0.15, -0.1) is 0 Å². The molecule has 29 heavy (non-hydrogen) atoms. The van der Waals surface area contributed by atoms with Crippen LogP contribution < -0.4 is 0 Å². The summed E-state index contributed by atoms with van der Waals surface area (Å²) >= 11 is 6.48. The normalized spacial score (nSPS) is 45.6. The highest BCUT2D eigenvalue weighted by Crippen LogP contribution is 2.67. The van der Waals surface area contributed by atoms with Gasteiger partial charge < -0.3 is 0 Å². The van der Waals surface area contributed by atoms with Crippen molar-refractivity contribution in [3.63, 3.8) is 0 Å². The molecule has 0 heterocycles. The molecular weight excluding hydrogens is 376 g/mol. The van der Waals surface area contributed by atoms with Crippen LogP contribution in [-0.2, 0) is 4.79 Å². The third-order valence-electron chi connectivity index (χ3n) is 10.0. The molecule has 1 unspecified atom stereocenters. The molecule has 5 rings (SSSR count). The van der Waals surface area contributed by atoms with Crippen LogP contribution in [0.2, 0.25) is 5.02 Å². The molecular formula is C27H35ClO. The lowest BCUT2D eigenvalue weighted by Crippen LogP contribution is -2.55. The number of Topliss-reactive ketones (excluding diaryl/α,β-unsaturated/α-hetero) is 1. The Hall–Kier alpha value is -1.08. The summed E-state index contributed by atoms with van der Waals surface area (Å²) in [6, 6.07) is 8.28. The number of carbonyl (C=O) groups excluding carboxylic acids is 1. The van der Waals surface area contributed by atoms with Crippen LogP contribution in [0.25, 0.3) is 6.08 Å². The van der Waals surface area contributed by atoms with E-state index in [-0.39, 0.29) is 5.92 Å². The first-order valence-electron chi connectivity index (χ1n) is 11.8. The first-order valence-corrected chi connectivity index (χ1v) is 12.2. The van der Waals surface area contributed by atoms with E-state index >= 15 is 0 Å². The van der Waals surface area contributed by atoms with E-state index in [0.29, 0.717) is 22.5 Å². The minimum absolute atomic E-state index is 0.280. The number of benzene rings is 1. The van der Waals surface area contributed by atoms with Crippen molar-refractivity contribution in [1.82, 2.24) is 0 Å². The van der Waals surface area contributed by atoms with Gasteiger partial charge in [0.2, 0.25) is 0 Å². The van der Waals surface area contributed by atoms with E-state index in [1.807, 2.05) is 12.1 Å². The molecule has 0 saturated heterocycles. The minimum atomic E-state index is 0.280. The molecule has 4 fully saturated rings. The Morgan fingerprint density at radius 3 is 2.55 bits per heavy atom. The third kappa shape index (κ3) is 2.90. The van der Waals surface area contributed by atoms with E-state index in [4.69, 9.17) is 11.6 Å². The standard InChI is InChI=1S/C27H35ClO/c1-17-21-11-9-20-22-10-8-19(16-18-6-4-5-7-24(18)28)26(22,2)14-12-23(20)27(21,3)15-13-25(17)29/h4-7,16-17,20-23H,8-15H2,1-3H3/b19-16-/t17?,20-,21-,22-,23-,26+,27-/m0/s1. The average molecular weight is 411 g/mol. The summed E-state index contributed by atoms with van der Waals surface area (Å²) in [7, 11) is 0. The Morgan fingerprint density at radius 2 is 1.76 bits per heavy atom. The molecule has 4 saturated carbocycles. The second-order valence-electron chi connectivity index (χ2n) is 11.0. The third-order valence-corrected chi connectivity index (χ3v) is 10.4. The summed E-state index contributed by atoms with van der Waals surface area (Å²) in [5, 5.41) is 0.870. The number of allylic oxidation sites excluding steroid dienone is 1. The number of fused-ring (bicyclic) bond motifs is 5. The SMILES string of the molecule is CC1C(=O)CC[C@@]2(C)[C@H]1CC[C@@H]1[C@@H]2CC[C@]2(C)/C(=C\c3ccccc3Cl)CC[C@@H]12. The van der Waals surface area contributed by atoms with Crippen molar-refractivity contribution < 1.29 is 4.79 Å². The first-order chi connectivity index (χ1) is 13.8. The largest absolute Gasteiger partial charge is 0.299 e.